The number of unbranched alkanes of at least 4 members (excludes halogenated alkanes) is 8. The van der Waals surface area contributed by atoms with Crippen LogP contribution in [0.2, 0.25) is 0 Å². The summed E-state index contributed by atoms with van der Waals surface area (Å²) >= 11 is 0. The molecule has 244 valence electrons. The van der Waals surface area contributed by atoms with Gasteiger partial charge in [-0.2, -0.15) is 0 Å². The highest BCUT2D eigenvalue weighted by atomic mass is 16.5. The van der Waals surface area contributed by atoms with Gasteiger partial charge < -0.3 is 29.9 Å². The number of carbonyl (C=O) groups is 4. The average Bonchev–Trinajstić information content (AvgIpc) is 2.98. The Labute approximate surface area is 255 Å². The number of hydrogen-bond donors (Lipinski definition) is 2. The molecule has 0 bridgehead atoms. The van der Waals surface area contributed by atoms with Crippen LogP contribution in [0.4, 0.5) is 0 Å². The second-order valence-electron chi connectivity index (χ2n) is 12.0. The van der Waals surface area contributed by atoms with E-state index in [0.29, 0.717) is 38.0 Å². The Morgan fingerprint density at radius 2 is 1.02 bits per heavy atom. The first kappa shape index (κ1) is 37.8. The van der Waals surface area contributed by atoms with Gasteiger partial charge in [0.2, 0.25) is 23.6 Å². The predicted octanol–water partition coefficient (Wildman–Crippen LogP) is 3.92. The summed E-state index contributed by atoms with van der Waals surface area (Å²) < 4.78 is 10.7. The second-order valence-corrected chi connectivity index (χ2v) is 12.0. The molecule has 2 atom stereocenters. The van der Waals surface area contributed by atoms with Gasteiger partial charge in [0.15, 0.2) is 0 Å². The first-order valence-corrected chi connectivity index (χ1v) is 16.4. The monoisotopic (exact) mass is 596 g/mol. The van der Waals surface area contributed by atoms with Gasteiger partial charge in [-0.1, -0.05) is 71.6 Å². The largest absolute Gasteiger partial charge is 0.362 e. The smallest absolute Gasteiger partial charge is 0.248 e. The number of nitrogens with one attached hydrogen (secondary N) is 2. The molecule has 0 aromatic heterocycles. The van der Waals surface area contributed by atoms with E-state index in [0.717, 1.165) is 51.4 Å². The minimum atomic E-state index is -0.214. The molecule has 2 N–H and O–H groups in total. The van der Waals surface area contributed by atoms with Crippen LogP contribution in [-0.2, 0) is 28.7 Å². The van der Waals surface area contributed by atoms with Crippen LogP contribution < -0.4 is 10.6 Å². The van der Waals surface area contributed by atoms with E-state index in [1.807, 2.05) is 0 Å². The molecule has 1 aliphatic rings. The van der Waals surface area contributed by atoms with Gasteiger partial charge in [0.25, 0.3) is 0 Å². The lowest BCUT2D eigenvalue weighted by atomic mass is 9.81. The number of nitrogens with zero attached hydrogens (tertiary/aromatic N) is 2. The molecule has 0 radical (unpaired) electrons. The van der Waals surface area contributed by atoms with Gasteiger partial charge in [-0.05, 0) is 43.9 Å². The zero-order chi connectivity index (χ0) is 31.0. The molecule has 0 aliphatic heterocycles. The van der Waals surface area contributed by atoms with Gasteiger partial charge in [-0.3, -0.25) is 19.2 Å². The molecule has 2 unspecified atom stereocenters. The standard InChI is InChI=1S/C32H60N4O6/c1-5-7-9-11-13-18-35(3)31(39)25-41-23-29(37)33-21-27-16-15-17-28(20-27)22-34-30(38)24-42-26-32(40)36(4)19-14-12-10-8-6-2/h27-28H,5-26H2,1-4H3,(H,33,37)(H,34,38). The average molecular weight is 597 g/mol. The van der Waals surface area contributed by atoms with E-state index in [-0.39, 0.29) is 50.1 Å². The Morgan fingerprint density at radius 1 is 0.619 bits per heavy atom. The van der Waals surface area contributed by atoms with Crippen LogP contribution in [0.5, 0.6) is 0 Å². The molecule has 1 fully saturated rings. The minimum Gasteiger partial charge on any atom is -0.362 e. The third-order valence-electron chi connectivity index (χ3n) is 8.03. The van der Waals surface area contributed by atoms with Crippen LogP contribution in [0.3, 0.4) is 0 Å². The fraction of sp³-hybridized carbons (Fsp3) is 0.875. The van der Waals surface area contributed by atoms with Crippen molar-refractivity contribution in [3.63, 3.8) is 0 Å². The Hall–Kier alpha value is -2.20. The number of likely N-dealkylation sites (N-methyl/N-ethyl adjacent to an activating group) is 2. The van der Waals surface area contributed by atoms with Gasteiger partial charge >= 0.3 is 0 Å². The van der Waals surface area contributed by atoms with Crippen LogP contribution in [0.15, 0.2) is 0 Å². The van der Waals surface area contributed by atoms with Crippen LogP contribution in [-0.4, -0.2) is 100 Å². The highest BCUT2D eigenvalue weighted by Gasteiger charge is 2.23. The van der Waals surface area contributed by atoms with Crippen molar-refractivity contribution in [2.45, 2.75) is 104 Å². The summed E-state index contributed by atoms with van der Waals surface area (Å²) in [6.45, 7) is 6.49. The first-order valence-electron chi connectivity index (χ1n) is 16.4. The molecule has 10 nitrogen and oxygen atoms in total. The summed E-state index contributed by atoms with van der Waals surface area (Å²) in [5.74, 6) is 0.0531. The van der Waals surface area contributed by atoms with Crippen LogP contribution >= 0.6 is 0 Å². The van der Waals surface area contributed by atoms with Gasteiger partial charge in [-0.15, -0.1) is 0 Å². The topological polar surface area (TPSA) is 117 Å². The van der Waals surface area contributed by atoms with Crippen LogP contribution in [0.25, 0.3) is 0 Å². The lowest BCUT2D eigenvalue weighted by Gasteiger charge is -2.29. The summed E-state index contributed by atoms with van der Waals surface area (Å²) in [4.78, 5) is 52.2. The van der Waals surface area contributed by atoms with Crippen molar-refractivity contribution in [1.29, 1.82) is 0 Å². The van der Waals surface area contributed by atoms with Gasteiger partial charge in [-0.25, -0.2) is 0 Å². The van der Waals surface area contributed by atoms with E-state index in [2.05, 4.69) is 24.5 Å². The van der Waals surface area contributed by atoms with Crippen molar-refractivity contribution < 1.29 is 28.7 Å². The van der Waals surface area contributed by atoms with Crippen molar-refractivity contribution in [3.8, 4) is 0 Å². The summed E-state index contributed by atoms with van der Waals surface area (Å²) in [5, 5.41) is 5.86. The van der Waals surface area contributed by atoms with Gasteiger partial charge in [0.1, 0.15) is 26.4 Å². The van der Waals surface area contributed by atoms with Gasteiger partial charge in [0, 0.05) is 40.3 Å². The van der Waals surface area contributed by atoms with Crippen molar-refractivity contribution in [2.75, 3.05) is 66.7 Å². The van der Waals surface area contributed by atoms with Crippen molar-refractivity contribution in [2.24, 2.45) is 11.8 Å². The summed E-state index contributed by atoms with van der Waals surface area (Å²) in [6, 6.07) is 0. The van der Waals surface area contributed by atoms with E-state index in [9.17, 15) is 19.2 Å². The van der Waals surface area contributed by atoms with Crippen LogP contribution in [0.1, 0.15) is 104 Å². The number of rotatable bonds is 24. The third kappa shape index (κ3) is 19.1. The zero-order valence-electron chi connectivity index (χ0n) is 27.1. The summed E-state index contributed by atoms with van der Waals surface area (Å²) in [5.41, 5.74) is 0. The summed E-state index contributed by atoms with van der Waals surface area (Å²) in [6.07, 6.45) is 15.5. The Balaban J connectivity index is 2.13. The quantitative estimate of drug-likeness (QED) is 0.163. The van der Waals surface area contributed by atoms with E-state index in [1.165, 1.54) is 38.5 Å². The fourth-order valence-corrected chi connectivity index (χ4v) is 5.23. The lowest BCUT2D eigenvalue weighted by molar-refractivity contribution is -0.138. The highest BCUT2D eigenvalue weighted by molar-refractivity contribution is 5.80. The molecular formula is C32H60N4O6. The Kier molecular flexibility index (Phi) is 21.9. The van der Waals surface area contributed by atoms with E-state index >= 15 is 0 Å². The third-order valence-corrected chi connectivity index (χ3v) is 8.03. The first-order chi connectivity index (χ1) is 20.3. The number of carbonyl (C=O) groups excluding carboxylic acids is 4. The molecule has 1 aliphatic carbocycles. The Morgan fingerprint density at radius 3 is 1.43 bits per heavy atom. The maximum Gasteiger partial charge on any atom is 0.248 e. The molecule has 0 aromatic rings. The Bertz CT molecular complexity index is 705. The molecule has 0 saturated heterocycles. The number of ether oxygens (including phenoxy) is 2. The number of hydrogen-bond acceptors (Lipinski definition) is 6. The van der Waals surface area contributed by atoms with Crippen LogP contribution in [0, 0.1) is 11.8 Å². The predicted molar refractivity (Wildman–Crippen MR) is 166 cm³/mol. The zero-order valence-corrected chi connectivity index (χ0v) is 27.1. The number of amides is 4. The molecule has 0 aromatic carbocycles. The molecule has 1 rings (SSSR count). The maximum absolute atomic E-state index is 12.2. The van der Waals surface area contributed by atoms with Crippen molar-refractivity contribution in [3.05, 3.63) is 0 Å². The molecule has 1 saturated carbocycles. The summed E-state index contributed by atoms with van der Waals surface area (Å²) in [7, 11) is 3.55. The van der Waals surface area contributed by atoms with Crippen molar-refractivity contribution >= 4 is 23.6 Å². The second kappa shape index (κ2) is 24.3. The lowest BCUT2D eigenvalue weighted by Crippen LogP contribution is -2.38. The normalized spacial score (nSPS) is 16.6. The maximum atomic E-state index is 12.2. The highest BCUT2D eigenvalue weighted by Crippen LogP contribution is 2.28. The molecule has 0 spiro atoms. The molecule has 10 heteroatoms. The van der Waals surface area contributed by atoms with Crippen molar-refractivity contribution in [1.82, 2.24) is 20.4 Å². The molecule has 0 heterocycles. The molecule has 42 heavy (non-hydrogen) atoms. The SMILES string of the molecule is CCCCCCCN(C)C(=O)COCC(=O)NCC1CCCC(CNC(=O)COCC(=O)N(C)CCCCCCC)C1. The fourth-order valence-electron chi connectivity index (χ4n) is 5.23. The van der Waals surface area contributed by atoms with E-state index in [4.69, 9.17) is 9.47 Å². The van der Waals surface area contributed by atoms with E-state index in [1.54, 1.807) is 23.9 Å². The minimum absolute atomic E-state index is 0.0855. The van der Waals surface area contributed by atoms with Gasteiger partial charge in [0.05, 0.1) is 0 Å². The molecular weight excluding hydrogens is 536 g/mol. The van der Waals surface area contributed by atoms with E-state index < -0.39 is 0 Å². The molecule has 4 amide bonds.